The third kappa shape index (κ3) is 6.55. The van der Waals surface area contributed by atoms with Crippen molar-refractivity contribution in [1.82, 2.24) is 14.7 Å². The molecule has 7 heteroatoms. The van der Waals surface area contributed by atoms with Crippen molar-refractivity contribution < 1.29 is 14.0 Å². The molecule has 2 amide bonds. The maximum absolute atomic E-state index is 13.4. The molecule has 0 spiro atoms. The minimum Gasteiger partial charge on any atom is -0.336 e. The topological polar surface area (TPSA) is 43.9 Å². The predicted octanol–water partition coefficient (Wildman–Crippen LogP) is 5.00. The van der Waals surface area contributed by atoms with Crippen LogP contribution in [0.4, 0.5) is 4.39 Å². The number of hydrogen-bond acceptors (Lipinski definition) is 3. The van der Waals surface area contributed by atoms with E-state index < -0.39 is 0 Å². The fourth-order valence-electron chi connectivity index (χ4n) is 4.26. The average molecular weight is 538 g/mol. The Kier molecular flexibility index (Phi) is 8.31. The molecule has 0 unspecified atom stereocenters. The maximum Gasteiger partial charge on any atom is 0.254 e. The molecule has 1 saturated heterocycles. The number of halogens is 2. The number of carbonyl (C=O) groups is 2. The Morgan fingerprint density at radius 3 is 2.23 bits per heavy atom. The number of amides is 2. The Bertz CT molecular complexity index is 1160. The van der Waals surface area contributed by atoms with Crippen molar-refractivity contribution in [2.24, 2.45) is 0 Å². The van der Waals surface area contributed by atoms with Crippen LogP contribution in [-0.2, 0) is 6.54 Å². The molecule has 0 saturated carbocycles. The van der Waals surface area contributed by atoms with E-state index in [4.69, 9.17) is 0 Å². The SMILES string of the molecule is Cc1ccccc1C(=O)N(CCN1CCN(C(=O)c2ccc(Br)cc2)CC1)Cc1ccc(F)cc1. The molecule has 1 fully saturated rings. The lowest BCUT2D eigenvalue weighted by molar-refractivity contribution is 0.0598. The molecule has 1 aliphatic rings. The van der Waals surface area contributed by atoms with E-state index in [1.54, 1.807) is 12.1 Å². The van der Waals surface area contributed by atoms with Gasteiger partial charge >= 0.3 is 0 Å². The number of carbonyl (C=O) groups excluding carboxylic acids is 2. The van der Waals surface area contributed by atoms with Gasteiger partial charge in [0.25, 0.3) is 11.8 Å². The molecular weight excluding hydrogens is 509 g/mol. The van der Waals surface area contributed by atoms with E-state index in [9.17, 15) is 14.0 Å². The highest BCUT2D eigenvalue weighted by molar-refractivity contribution is 9.10. The first-order valence-electron chi connectivity index (χ1n) is 11.8. The first-order valence-corrected chi connectivity index (χ1v) is 12.6. The van der Waals surface area contributed by atoms with Crippen molar-refractivity contribution in [1.29, 1.82) is 0 Å². The first-order chi connectivity index (χ1) is 16.9. The molecule has 35 heavy (non-hydrogen) atoms. The summed E-state index contributed by atoms with van der Waals surface area (Å²) in [6.45, 7) is 6.42. The molecular formula is C28H29BrFN3O2. The van der Waals surface area contributed by atoms with Crippen molar-refractivity contribution in [3.8, 4) is 0 Å². The summed E-state index contributed by atoms with van der Waals surface area (Å²) in [5.41, 5.74) is 3.19. The molecule has 1 aliphatic heterocycles. The van der Waals surface area contributed by atoms with Crippen molar-refractivity contribution in [3.05, 3.63) is 105 Å². The van der Waals surface area contributed by atoms with E-state index in [-0.39, 0.29) is 17.6 Å². The summed E-state index contributed by atoms with van der Waals surface area (Å²) in [5.74, 6) is -0.276. The monoisotopic (exact) mass is 537 g/mol. The van der Waals surface area contributed by atoms with Gasteiger partial charge in [0.05, 0.1) is 0 Å². The Morgan fingerprint density at radius 1 is 0.914 bits per heavy atom. The van der Waals surface area contributed by atoms with Gasteiger partial charge in [-0.25, -0.2) is 4.39 Å². The van der Waals surface area contributed by atoms with Gasteiger partial charge in [-0.05, 0) is 60.5 Å². The van der Waals surface area contributed by atoms with Crippen molar-refractivity contribution in [2.45, 2.75) is 13.5 Å². The number of piperazine rings is 1. The van der Waals surface area contributed by atoms with Crippen LogP contribution in [0.1, 0.15) is 31.8 Å². The molecule has 4 rings (SSSR count). The van der Waals surface area contributed by atoms with Crippen molar-refractivity contribution in [3.63, 3.8) is 0 Å². The summed E-state index contributed by atoms with van der Waals surface area (Å²) < 4.78 is 14.3. The summed E-state index contributed by atoms with van der Waals surface area (Å²) in [4.78, 5) is 32.2. The van der Waals surface area contributed by atoms with E-state index >= 15 is 0 Å². The van der Waals surface area contributed by atoms with Crippen molar-refractivity contribution in [2.75, 3.05) is 39.3 Å². The second-order valence-corrected chi connectivity index (χ2v) is 9.72. The minimum absolute atomic E-state index is 0.0310. The number of aryl methyl sites for hydroxylation is 1. The van der Waals surface area contributed by atoms with Gasteiger partial charge in [0.1, 0.15) is 5.82 Å². The third-order valence-electron chi connectivity index (χ3n) is 6.39. The number of hydrogen-bond donors (Lipinski definition) is 0. The number of benzene rings is 3. The highest BCUT2D eigenvalue weighted by Gasteiger charge is 2.24. The summed E-state index contributed by atoms with van der Waals surface area (Å²) in [7, 11) is 0. The molecule has 0 radical (unpaired) electrons. The Morgan fingerprint density at radius 2 is 1.57 bits per heavy atom. The van der Waals surface area contributed by atoms with Crippen LogP contribution in [0.2, 0.25) is 0 Å². The van der Waals surface area contributed by atoms with Gasteiger partial charge in [-0.1, -0.05) is 46.3 Å². The van der Waals surface area contributed by atoms with Crippen LogP contribution in [-0.4, -0.2) is 65.8 Å². The van der Waals surface area contributed by atoms with Crippen LogP contribution in [0, 0.1) is 12.7 Å². The molecule has 182 valence electrons. The van der Waals surface area contributed by atoms with Crippen LogP contribution in [0.15, 0.2) is 77.3 Å². The van der Waals surface area contributed by atoms with Crippen molar-refractivity contribution >= 4 is 27.7 Å². The maximum atomic E-state index is 13.4. The standard InChI is InChI=1S/C28H29BrFN3O2/c1-21-4-2-3-5-26(21)28(35)33(20-22-6-12-25(30)13-7-22)19-16-31-14-17-32(18-15-31)27(34)23-8-10-24(29)11-9-23/h2-13H,14-20H2,1H3. The predicted molar refractivity (Wildman–Crippen MR) is 139 cm³/mol. The van der Waals surface area contributed by atoms with E-state index in [1.807, 2.05) is 65.3 Å². The fraction of sp³-hybridized carbons (Fsp3) is 0.286. The summed E-state index contributed by atoms with van der Waals surface area (Å²) in [6.07, 6.45) is 0. The van der Waals surface area contributed by atoms with E-state index in [2.05, 4.69) is 20.8 Å². The second kappa shape index (κ2) is 11.6. The molecule has 0 aromatic heterocycles. The van der Waals surface area contributed by atoms with Gasteiger partial charge in [0.2, 0.25) is 0 Å². The zero-order valence-electron chi connectivity index (χ0n) is 19.8. The zero-order valence-corrected chi connectivity index (χ0v) is 21.4. The van der Waals surface area contributed by atoms with Gasteiger partial charge in [0.15, 0.2) is 0 Å². The molecule has 5 nitrogen and oxygen atoms in total. The van der Waals surface area contributed by atoms with Crippen LogP contribution in [0.3, 0.4) is 0 Å². The minimum atomic E-state index is -0.291. The Balaban J connectivity index is 1.38. The lowest BCUT2D eigenvalue weighted by Gasteiger charge is -2.36. The Hall–Kier alpha value is -3.03. The number of rotatable bonds is 7. The van der Waals surface area contributed by atoms with E-state index in [1.165, 1.54) is 12.1 Å². The number of nitrogens with zero attached hydrogens (tertiary/aromatic N) is 3. The van der Waals surface area contributed by atoms with Gasteiger partial charge < -0.3 is 9.80 Å². The molecule has 0 atom stereocenters. The van der Waals surface area contributed by atoms with E-state index in [0.717, 1.165) is 28.7 Å². The smallest absolute Gasteiger partial charge is 0.254 e. The van der Waals surface area contributed by atoms with E-state index in [0.29, 0.717) is 43.9 Å². The normalized spacial score (nSPS) is 14.1. The summed E-state index contributed by atoms with van der Waals surface area (Å²) >= 11 is 3.40. The van der Waals surface area contributed by atoms with Gasteiger partial charge in [-0.2, -0.15) is 0 Å². The third-order valence-corrected chi connectivity index (χ3v) is 6.91. The van der Waals surface area contributed by atoms with Crippen LogP contribution >= 0.6 is 15.9 Å². The van der Waals surface area contributed by atoms with Gasteiger partial charge in [-0.15, -0.1) is 0 Å². The molecule has 0 aliphatic carbocycles. The molecule has 1 heterocycles. The molecule has 3 aromatic carbocycles. The fourth-order valence-corrected chi connectivity index (χ4v) is 4.52. The average Bonchev–Trinajstić information content (AvgIpc) is 2.88. The van der Waals surface area contributed by atoms with Gasteiger partial charge in [-0.3, -0.25) is 14.5 Å². The summed E-state index contributed by atoms with van der Waals surface area (Å²) in [6, 6.07) is 21.3. The van der Waals surface area contributed by atoms with Gasteiger partial charge in [0, 0.05) is 61.4 Å². The highest BCUT2D eigenvalue weighted by Crippen LogP contribution is 2.16. The van der Waals surface area contributed by atoms with Crippen LogP contribution in [0.25, 0.3) is 0 Å². The molecule has 0 N–H and O–H groups in total. The molecule has 3 aromatic rings. The zero-order chi connectivity index (χ0) is 24.8. The summed E-state index contributed by atoms with van der Waals surface area (Å²) in [5, 5.41) is 0. The van der Waals surface area contributed by atoms with Crippen LogP contribution < -0.4 is 0 Å². The largest absolute Gasteiger partial charge is 0.336 e. The second-order valence-electron chi connectivity index (χ2n) is 8.81. The highest BCUT2D eigenvalue weighted by atomic mass is 79.9. The quantitative estimate of drug-likeness (QED) is 0.426. The van der Waals surface area contributed by atoms with Crippen LogP contribution in [0.5, 0.6) is 0 Å². The Labute approximate surface area is 214 Å². The molecule has 0 bridgehead atoms. The lowest BCUT2D eigenvalue weighted by atomic mass is 10.1. The first kappa shape index (κ1) is 25.1. The lowest BCUT2D eigenvalue weighted by Crippen LogP contribution is -2.50.